The van der Waals surface area contributed by atoms with Gasteiger partial charge in [0, 0.05) is 23.7 Å². The first-order chi connectivity index (χ1) is 8.59. The molecule has 0 aliphatic carbocycles. The molecule has 0 saturated carbocycles. The molecule has 1 aliphatic heterocycles. The lowest BCUT2D eigenvalue weighted by atomic mass is 10.0. The molecule has 18 heavy (non-hydrogen) atoms. The summed E-state index contributed by atoms with van der Waals surface area (Å²) in [4.78, 5) is 2.45. The fourth-order valence-electron chi connectivity index (χ4n) is 2.50. The van der Waals surface area contributed by atoms with Gasteiger partial charge >= 0.3 is 0 Å². The third kappa shape index (κ3) is 2.87. The maximum absolute atomic E-state index is 14.2. The van der Waals surface area contributed by atoms with Crippen molar-refractivity contribution in [2.45, 2.75) is 38.8 Å². The quantitative estimate of drug-likeness (QED) is 0.853. The second-order valence-electron chi connectivity index (χ2n) is 4.96. The first-order valence-electron chi connectivity index (χ1n) is 6.41. The van der Waals surface area contributed by atoms with Gasteiger partial charge in [-0.3, -0.25) is 4.90 Å². The summed E-state index contributed by atoms with van der Waals surface area (Å²) < 4.78 is 14.2. The van der Waals surface area contributed by atoms with Crippen LogP contribution in [0.1, 0.15) is 37.3 Å². The van der Waals surface area contributed by atoms with Crippen LogP contribution >= 0.6 is 12.2 Å². The van der Waals surface area contributed by atoms with Gasteiger partial charge < -0.3 is 5.73 Å². The van der Waals surface area contributed by atoms with Gasteiger partial charge in [0.2, 0.25) is 0 Å². The van der Waals surface area contributed by atoms with E-state index >= 15 is 0 Å². The van der Waals surface area contributed by atoms with Crippen molar-refractivity contribution < 1.29 is 4.39 Å². The Bertz CT molecular complexity index is 447. The zero-order valence-corrected chi connectivity index (χ0v) is 11.5. The molecule has 0 aromatic heterocycles. The predicted octanol–water partition coefficient (Wildman–Crippen LogP) is 2.83. The molecule has 0 amide bonds. The third-order valence-corrected chi connectivity index (χ3v) is 3.88. The van der Waals surface area contributed by atoms with Gasteiger partial charge in [-0.1, -0.05) is 30.8 Å². The summed E-state index contributed by atoms with van der Waals surface area (Å²) in [6.45, 7) is 3.88. The van der Waals surface area contributed by atoms with Crippen LogP contribution in [0.4, 0.5) is 4.39 Å². The Labute approximate surface area is 113 Å². The molecule has 1 aliphatic rings. The van der Waals surface area contributed by atoms with Crippen molar-refractivity contribution in [1.82, 2.24) is 4.90 Å². The van der Waals surface area contributed by atoms with Gasteiger partial charge in [0.15, 0.2) is 0 Å². The molecule has 1 heterocycles. The SMILES string of the molecule is CC1CCCCN1Cc1cccc(C(N)=S)c1F. The van der Waals surface area contributed by atoms with Gasteiger partial charge in [0.1, 0.15) is 10.8 Å². The van der Waals surface area contributed by atoms with Crippen molar-refractivity contribution in [2.75, 3.05) is 6.54 Å². The van der Waals surface area contributed by atoms with Crippen LogP contribution in [-0.4, -0.2) is 22.5 Å². The average molecular weight is 266 g/mol. The number of thiocarbonyl (C=S) groups is 1. The van der Waals surface area contributed by atoms with Gasteiger partial charge in [-0.05, 0) is 32.4 Å². The summed E-state index contributed by atoms with van der Waals surface area (Å²) in [6.07, 6.45) is 3.66. The van der Waals surface area contributed by atoms with Gasteiger partial charge in [-0.25, -0.2) is 4.39 Å². The van der Waals surface area contributed by atoms with Gasteiger partial charge in [-0.15, -0.1) is 0 Å². The Morgan fingerprint density at radius 1 is 1.50 bits per heavy atom. The standard InChI is InChI=1S/C14H19FN2S/c1-10-5-2-3-8-17(10)9-11-6-4-7-12(13(11)15)14(16)18/h4,6-7,10H,2-3,5,8-9H2,1H3,(H2,16,18). The van der Waals surface area contributed by atoms with Crippen LogP contribution < -0.4 is 5.73 Å². The Morgan fingerprint density at radius 2 is 2.28 bits per heavy atom. The van der Waals surface area contributed by atoms with E-state index in [0.717, 1.165) is 6.54 Å². The third-order valence-electron chi connectivity index (χ3n) is 3.66. The van der Waals surface area contributed by atoms with Crippen LogP contribution in [0.5, 0.6) is 0 Å². The number of hydrogen-bond acceptors (Lipinski definition) is 2. The van der Waals surface area contributed by atoms with E-state index in [4.69, 9.17) is 18.0 Å². The highest BCUT2D eigenvalue weighted by Gasteiger charge is 2.20. The maximum Gasteiger partial charge on any atom is 0.137 e. The van der Waals surface area contributed by atoms with Crippen LogP contribution in [0.15, 0.2) is 18.2 Å². The minimum Gasteiger partial charge on any atom is -0.389 e. The van der Waals surface area contributed by atoms with Crippen molar-refractivity contribution in [3.05, 3.63) is 35.1 Å². The van der Waals surface area contributed by atoms with E-state index in [1.54, 1.807) is 6.07 Å². The molecule has 2 N–H and O–H groups in total. The molecule has 0 radical (unpaired) electrons. The normalized spacial score (nSPS) is 20.9. The lowest BCUT2D eigenvalue weighted by Crippen LogP contribution is -2.37. The molecular weight excluding hydrogens is 247 g/mol. The van der Waals surface area contributed by atoms with E-state index in [1.165, 1.54) is 19.3 Å². The Balaban J connectivity index is 2.18. The van der Waals surface area contributed by atoms with Gasteiger partial charge in [0.05, 0.1) is 0 Å². The molecule has 4 heteroatoms. The highest BCUT2D eigenvalue weighted by molar-refractivity contribution is 7.80. The van der Waals surface area contributed by atoms with E-state index in [-0.39, 0.29) is 10.8 Å². The zero-order chi connectivity index (χ0) is 13.1. The number of piperidine rings is 1. The summed E-state index contributed by atoms with van der Waals surface area (Å²) in [5, 5.41) is 0. The molecule has 1 atom stereocenters. The van der Waals surface area contributed by atoms with Crippen LogP contribution in [0, 0.1) is 5.82 Å². The zero-order valence-electron chi connectivity index (χ0n) is 10.7. The van der Waals surface area contributed by atoms with Gasteiger partial charge in [-0.2, -0.15) is 0 Å². The first-order valence-corrected chi connectivity index (χ1v) is 6.81. The number of nitrogens with zero attached hydrogens (tertiary/aromatic N) is 1. The maximum atomic E-state index is 14.2. The molecule has 1 unspecified atom stereocenters. The molecule has 1 aromatic rings. The van der Waals surface area contributed by atoms with E-state index in [2.05, 4.69) is 11.8 Å². The number of rotatable bonds is 3. The number of halogens is 1. The molecule has 2 rings (SSSR count). The van der Waals surface area contributed by atoms with E-state index in [9.17, 15) is 4.39 Å². The second-order valence-corrected chi connectivity index (χ2v) is 5.40. The molecule has 0 bridgehead atoms. The predicted molar refractivity (Wildman–Crippen MR) is 76.0 cm³/mol. The summed E-state index contributed by atoms with van der Waals surface area (Å²) >= 11 is 4.86. The highest BCUT2D eigenvalue weighted by atomic mass is 32.1. The number of benzene rings is 1. The van der Waals surface area contributed by atoms with Crippen LogP contribution in [-0.2, 0) is 6.54 Å². The van der Waals surface area contributed by atoms with Crippen molar-refractivity contribution in [2.24, 2.45) is 5.73 Å². The Kier molecular flexibility index (Phi) is 4.30. The van der Waals surface area contributed by atoms with Crippen LogP contribution in [0.25, 0.3) is 0 Å². The number of likely N-dealkylation sites (tertiary alicyclic amines) is 1. The van der Waals surface area contributed by atoms with E-state index in [0.29, 0.717) is 23.7 Å². The fraction of sp³-hybridized carbons (Fsp3) is 0.500. The van der Waals surface area contributed by atoms with Crippen molar-refractivity contribution in [3.63, 3.8) is 0 Å². The number of nitrogens with two attached hydrogens (primary N) is 1. The lowest BCUT2D eigenvalue weighted by molar-refractivity contribution is 0.151. The summed E-state index contributed by atoms with van der Waals surface area (Å²) in [7, 11) is 0. The topological polar surface area (TPSA) is 29.3 Å². The van der Waals surface area contributed by atoms with E-state index in [1.807, 2.05) is 12.1 Å². The Morgan fingerprint density at radius 3 is 2.94 bits per heavy atom. The highest BCUT2D eigenvalue weighted by Crippen LogP contribution is 2.21. The van der Waals surface area contributed by atoms with Crippen LogP contribution in [0.2, 0.25) is 0 Å². The summed E-state index contributed by atoms with van der Waals surface area (Å²) in [5.74, 6) is -0.261. The second kappa shape index (κ2) is 5.76. The minimum absolute atomic E-state index is 0.126. The fourth-order valence-corrected chi connectivity index (χ4v) is 2.66. The first kappa shape index (κ1) is 13.4. The van der Waals surface area contributed by atoms with Crippen molar-refractivity contribution in [3.8, 4) is 0 Å². The average Bonchev–Trinajstić information content (AvgIpc) is 2.34. The summed E-state index contributed by atoms with van der Waals surface area (Å²) in [6, 6.07) is 5.80. The monoisotopic (exact) mass is 266 g/mol. The molecule has 1 aromatic carbocycles. The smallest absolute Gasteiger partial charge is 0.137 e. The van der Waals surface area contributed by atoms with Gasteiger partial charge in [0.25, 0.3) is 0 Å². The summed E-state index contributed by atoms with van der Waals surface area (Å²) in [5.41, 5.74) is 6.56. The van der Waals surface area contributed by atoms with E-state index < -0.39 is 0 Å². The Hall–Kier alpha value is -1.00. The molecule has 2 nitrogen and oxygen atoms in total. The molecule has 98 valence electrons. The molecule has 1 saturated heterocycles. The van der Waals surface area contributed by atoms with Crippen molar-refractivity contribution in [1.29, 1.82) is 0 Å². The van der Waals surface area contributed by atoms with Crippen molar-refractivity contribution >= 4 is 17.2 Å². The minimum atomic E-state index is -0.261. The molecule has 1 fully saturated rings. The van der Waals surface area contributed by atoms with Crippen LogP contribution in [0.3, 0.4) is 0 Å². The largest absolute Gasteiger partial charge is 0.389 e. The lowest BCUT2D eigenvalue weighted by Gasteiger charge is -2.33. The molecular formula is C14H19FN2S. The number of hydrogen-bond donors (Lipinski definition) is 1. The molecule has 0 spiro atoms.